The molecule has 1 N–H and O–H groups in total. The second kappa shape index (κ2) is 7.39. The van der Waals surface area contributed by atoms with Gasteiger partial charge in [0.2, 0.25) is 0 Å². The standard InChI is InChI=1S/C15H11Cl2FN2O3/c1-8-2-3-9(18)6-11(8)19-13(21)7-23-15(22)14-10(16)4-5-12(17)20-14/h2-6H,7H2,1H3,(H,19,21). The third-order valence-corrected chi connectivity index (χ3v) is 3.33. The molecule has 0 aliphatic carbocycles. The number of ether oxygens (including phenoxy) is 1. The molecule has 0 saturated carbocycles. The smallest absolute Gasteiger partial charge is 0.359 e. The maximum Gasteiger partial charge on any atom is 0.359 e. The first-order valence-electron chi connectivity index (χ1n) is 6.42. The summed E-state index contributed by atoms with van der Waals surface area (Å²) in [5.74, 6) is -1.99. The Kier molecular flexibility index (Phi) is 5.52. The first kappa shape index (κ1) is 17.2. The molecule has 5 nitrogen and oxygen atoms in total. The van der Waals surface area contributed by atoms with Gasteiger partial charge in [0.1, 0.15) is 11.0 Å². The van der Waals surface area contributed by atoms with E-state index in [1.165, 1.54) is 30.3 Å². The van der Waals surface area contributed by atoms with Gasteiger partial charge in [-0.05, 0) is 36.8 Å². The van der Waals surface area contributed by atoms with Gasteiger partial charge in [-0.2, -0.15) is 0 Å². The molecule has 0 radical (unpaired) electrons. The predicted molar refractivity (Wildman–Crippen MR) is 84.3 cm³/mol. The van der Waals surface area contributed by atoms with E-state index in [1.807, 2.05) is 0 Å². The summed E-state index contributed by atoms with van der Waals surface area (Å²) in [5.41, 5.74) is 0.782. The summed E-state index contributed by atoms with van der Waals surface area (Å²) in [6.45, 7) is 1.13. The third-order valence-electron chi connectivity index (χ3n) is 2.81. The summed E-state index contributed by atoms with van der Waals surface area (Å²) in [7, 11) is 0. The van der Waals surface area contributed by atoms with Gasteiger partial charge in [-0.3, -0.25) is 4.79 Å². The van der Waals surface area contributed by atoms with Gasteiger partial charge >= 0.3 is 5.97 Å². The lowest BCUT2D eigenvalue weighted by molar-refractivity contribution is -0.119. The fourth-order valence-corrected chi connectivity index (χ4v) is 2.01. The Morgan fingerprint density at radius 3 is 2.74 bits per heavy atom. The lowest BCUT2D eigenvalue weighted by Gasteiger charge is -2.09. The summed E-state index contributed by atoms with van der Waals surface area (Å²) in [6, 6.07) is 6.78. The van der Waals surface area contributed by atoms with Crippen molar-refractivity contribution in [2.75, 3.05) is 11.9 Å². The van der Waals surface area contributed by atoms with Crippen LogP contribution >= 0.6 is 23.2 Å². The largest absolute Gasteiger partial charge is 0.451 e. The minimum atomic E-state index is -0.886. The Morgan fingerprint density at radius 1 is 1.26 bits per heavy atom. The minimum absolute atomic E-state index is 0.0563. The SMILES string of the molecule is Cc1ccc(F)cc1NC(=O)COC(=O)c1nc(Cl)ccc1Cl. The number of nitrogens with one attached hydrogen (secondary N) is 1. The lowest BCUT2D eigenvalue weighted by Crippen LogP contribution is -2.22. The number of amides is 1. The van der Waals surface area contributed by atoms with Crippen LogP contribution in [0, 0.1) is 12.7 Å². The molecule has 2 rings (SSSR count). The zero-order chi connectivity index (χ0) is 17.0. The molecular weight excluding hydrogens is 346 g/mol. The van der Waals surface area contributed by atoms with Crippen molar-refractivity contribution in [2.45, 2.75) is 6.92 Å². The number of halogens is 3. The number of benzene rings is 1. The molecule has 1 heterocycles. The number of pyridine rings is 1. The summed E-state index contributed by atoms with van der Waals surface area (Å²) < 4.78 is 18.0. The molecule has 1 aromatic carbocycles. The average molecular weight is 357 g/mol. The first-order chi connectivity index (χ1) is 10.9. The van der Waals surface area contributed by atoms with E-state index in [0.717, 1.165) is 0 Å². The van der Waals surface area contributed by atoms with Crippen molar-refractivity contribution in [1.82, 2.24) is 4.98 Å². The van der Waals surface area contributed by atoms with E-state index in [2.05, 4.69) is 10.3 Å². The zero-order valence-corrected chi connectivity index (χ0v) is 13.4. The molecule has 23 heavy (non-hydrogen) atoms. The van der Waals surface area contributed by atoms with E-state index < -0.39 is 24.3 Å². The van der Waals surface area contributed by atoms with Gasteiger partial charge in [-0.1, -0.05) is 29.3 Å². The second-order valence-corrected chi connectivity index (χ2v) is 5.34. The molecule has 120 valence electrons. The van der Waals surface area contributed by atoms with Crippen molar-refractivity contribution >= 4 is 40.8 Å². The van der Waals surface area contributed by atoms with E-state index >= 15 is 0 Å². The Morgan fingerprint density at radius 2 is 2.00 bits per heavy atom. The van der Waals surface area contributed by atoms with Crippen molar-refractivity contribution in [1.29, 1.82) is 0 Å². The quantitative estimate of drug-likeness (QED) is 0.670. The molecule has 0 spiro atoms. The van der Waals surface area contributed by atoms with Gasteiger partial charge in [0, 0.05) is 5.69 Å². The molecule has 0 saturated heterocycles. The van der Waals surface area contributed by atoms with Crippen LogP contribution in [0.5, 0.6) is 0 Å². The number of anilines is 1. The fraction of sp³-hybridized carbons (Fsp3) is 0.133. The number of nitrogens with zero attached hydrogens (tertiary/aromatic N) is 1. The lowest BCUT2D eigenvalue weighted by atomic mass is 10.2. The number of hydrogen-bond donors (Lipinski definition) is 1. The highest BCUT2D eigenvalue weighted by Crippen LogP contribution is 2.18. The Balaban J connectivity index is 1.97. The van der Waals surface area contributed by atoms with Gasteiger partial charge in [0.05, 0.1) is 5.02 Å². The van der Waals surface area contributed by atoms with E-state index in [-0.39, 0.29) is 15.9 Å². The molecule has 0 atom stereocenters. The van der Waals surface area contributed by atoms with Gasteiger partial charge < -0.3 is 10.1 Å². The van der Waals surface area contributed by atoms with Crippen LogP contribution in [0.15, 0.2) is 30.3 Å². The highest BCUT2D eigenvalue weighted by atomic mass is 35.5. The average Bonchev–Trinajstić information content (AvgIpc) is 2.51. The molecule has 2 aromatic rings. The highest BCUT2D eigenvalue weighted by Gasteiger charge is 2.16. The van der Waals surface area contributed by atoms with Crippen LogP contribution in [-0.4, -0.2) is 23.5 Å². The fourth-order valence-electron chi connectivity index (χ4n) is 1.68. The monoisotopic (exact) mass is 356 g/mol. The van der Waals surface area contributed by atoms with Gasteiger partial charge in [-0.25, -0.2) is 14.2 Å². The van der Waals surface area contributed by atoms with Crippen LogP contribution in [-0.2, 0) is 9.53 Å². The normalized spacial score (nSPS) is 10.3. The molecular formula is C15H11Cl2FN2O3. The Bertz CT molecular complexity index is 768. The van der Waals surface area contributed by atoms with Crippen LogP contribution in [0.3, 0.4) is 0 Å². The number of aryl methyl sites for hydroxylation is 1. The summed E-state index contributed by atoms with van der Waals surface area (Å²) in [6.07, 6.45) is 0. The summed E-state index contributed by atoms with van der Waals surface area (Å²) >= 11 is 11.5. The van der Waals surface area contributed by atoms with E-state index in [9.17, 15) is 14.0 Å². The molecule has 0 bridgehead atoms. The maximum atomic E-state index is 13.1. The number of carbonyl (C=O) groups excluding carboxylic acids is 2. The summed E-state index contributed by atoms with van der Waals surface area (Å²) in [5, 5.41) is 2.58. The van der Waals surface area contributed by atoms with Crippen LogP contribution in [0.25, 0.3) is 0 Å². The molecule has 0 aliphatic rings. The Hall–Kier alpha value is -2.18. The zero-order valence-electron chi connectivity index (χ0n) is 11.9. The number of hydrogen-bond acceptors (Lipinski definition) is 4. The van der Waals surface area contributed by atoms with E-state index in [0.29, 0.717) is 11.3 Å². The second-order valence-electron chi connectivity index (χ2n) is 4.55. The molecule has 0 aliphatic heterocycles. The van der Waals surface area contributed by atoms with Gasteiger partial charge in [0.25, 0.3) is 5.91 Å². The van der Waals surface area contributed by atoms with Crippen molar-refractivity contribution in [2.24, 2.45) is 0 Å². The molecule has 0 fully saturated rings. The van der Waals surface area contributed by atoms with Crippen LogP contribution in [0.4, 0.5) is 10.1 Å². The van der Waals surface area contributed by atoms with Crippen molar-refractivity contribution in [3.8, 4) is 0 Å². The maximum absolute atomic E-state index is 13.1. The van der Waals surface area contributed by atoms with Crippen molar-refractivity contribution in [3.05, 3.63) is 57.6 Å². The number of aromatic nitrogens is 1. The van der Waals surface area contributed by atoms with Crippen LogP contribution in [0.2, 0.25) is 10.2 Å². The molecule has 8 heteroatoms. The van der Waals surface area contributed by atoms with Gasteiger partial charge in [0.15, 0.2) is 12.3 Å². The highest BCUT2D eigenvalue weighted by molar-refractivity contribution is 6.34. The number of rotatable bonds is 4. The third kappa shape index (κ3) is 4.64. The van der Waals surface area contributed by atoms with E-state index in [4.69, 9.17) is 27.9 Å². The molecule has 1 amide bonds. The van der Waals surface area contributed by atoms with E-state index in [1.54, 1.807) is 6.92 Å². The predicted octanol–water partition coefficient (Wildman–Crippen LogP) is 3.63. The van der Waals surface area contributed by atoms with Gasteiger partial charge in [-0.15, -0.1) is 0 Å². The molecule has 0 unspecified atom stereocenters. The van der Waals surface area contributed by atoms with Crippen LogP contribution < -0.4 is 5.32 Å². The van der Waals surface area contributed by atoms with Crippen molar-refractivity contribution in [3.63, 3.8) is 0 Å². The minimum Gasteiger partial charge on any atom is -0.451 e. The number of esters is 1. The summed E-state index contributed by atoms with van der Waals surface area (Å²) in [4.78, 5) is 27.3. The topological polar surface area (TPSA) is 68.3 Å². The van der Waals surface area contributed by atoms with Crippen LogP contribution in [0.1, 0.15) is 16.1 Å². The van der Waals surface area contributed by atoms with Crippen molar-refractivity contribution < 1.29 is 18.7 Å². The number of carbonyl (C=O) groups is 2. The molecule has 1 aromatic heterocycles. The first-order valence-corrected chi connectivity index (χ1v) is 7.17. The Labute approximate surface area is 141 Å².